The molecule has 1 saturated carbocycles. The van der Waals surface area contributed by atoms with Crippen LogP contribution < -0.4 is 11.5 Å². The lowest BCUT2D eigenvalue weighted by Gasteiger charge is -2.12. The number of hydrogen-bond acceptors (Lipinski definition) is 4. The molecule has 0 radical (unpaired) electrons. The van der Waals surface area contributed by atoms with Gasteiger partial charge >= 0.3 is 0 Å². The Hall–Kier alpha value is -2.01. The first-order valence-corrected chi connectivity index (χ1v) is 5.40. The molecule has 5 nitrogen and oxygen atoms in total. The zero-order valence-electron chi connectivity index (χ0n) is 9.13. The fourth-order valence-corrected chi connectivity index (χ4v) is 2.22. The van der Waals surface area contributed by atoms with E-state index in [4.69, 9.17) is 11.5 Å². The summed E-state index contributed by atoms with van der Waals surface area (Å²) in [4.78, 5) is 19.8. The second kappa shape index (κ2) is 3.24. The van der Waals surface area contributed by atoms with Crippen LogP contribution in [-0.4, -0.2) is 21.9 Å². The minimum atomic E-state index is -0.766. The van der Waals surface area contributed by atoms with Gasteiger partial charge in [-0.2, -0.15) is 0 Å². The molecule has 0 aliphatic heterocycles. The second-order valence-electron chi connectivity index (χ2n) is 4.44. The molecule has 2 aromatic heterocycles. The quantitative estimate of drug-likeness (QED) is 0.761. The van der Waals surface area contributed by atoms with Crippen molar-refractivity contribution in [2.45, 2.75) is 17.9 Å². The zero-order chi connectivity index (χ0) is 12.0. The maximum Gasteiger partial charge on any atom is 0.231 e. The number of hydrogen-bond donors (Lipinski definition) is 2. The SMILES string of the molecule is NC(=O)C1(c2cc3ccncc3cn2)CC1N. The Morgan fingerprint density at radius 1 is 1.41 bits per heavy atom. The van der Waals surface area contributed by atoms with Gasteiger partial charge in [0, 0.05) is 30.0 Å². The van der Waals surface area contributed by atoms with Crippen LogP contribution in [-0.2, 0) is 10.2 Å². The molecular formula is C12H12N4O. The van der Waals surface area contributed by atoms with Crippen molar-refractivity contribution in [2.75, 3.05) is 0 Å². The van der Waals surface area contributed by atoms with Gasteiger partial charge in [0.05, 0.1) is 5.69 Å². The summed E-state index contributed by atoms with van der Waals surface area (Å²) >= 11 is 0. The van der Waals surface area contributed by atoms with Crippen LogP contribution in [0.5, 0.6) is 0 Å². The summed E-state index contributed by atoms with van der Waals surface area (Å²) in [7, 11) is 0. The van der Waals surface area contributed by atoms with Crippen molar-refractivity contribution >= 4 is 16.7 Å². The molecule has 2 aromatic rings. The molecule has 0 saturated heterocycles. The number of carbonyl (C=O) groups is 1. The molecule has 4 N–H and O–H groups in total. The van der Waals surface area contributed by atoms with Crippen LogP contribution in [0.25, 0.3) is 10.8 Å². The molecule has 0 spiro atoms. The summed E-state index contributed by atoms with van der Waals surface area (Å²) in [5, 5.41) is 1.93. The van der Waals surface area contributed by atoms with Gasteiger partial charge in [-0.3, -0.25) is 14.8 Å². The third kappa shape index (κ3) is 1.32. The van der Waals surface area contributed by atoms with Gasteiger partial charge in [0.1, 0.15) is 5.41 Å². The number of fused-ring (bicyclic) bond motifs is 1. The van der Waals surface area contributed by atoms with Gasteiger partial charge in [-0.15, -0.1) is 0 Å². The van der Waals surface area contributed by atoms with Gasteiger partial charge < -0.3 is 11.5 Å². The standard InChI is InChI=1S/C12H12N4O/c13-9-4-12(9,11(14)17)10-3-7-1-2-15-5-8(7)6-16-10/h1-3,5-6,9H,4,13H2,(H2,14,17). The average molecular weight is 228 g/mol. The predicted molar refractivity (Wildman–Crippen MR) is 63.0 cm³/mol. The Morgan fingerprint density at radius 2 is 2.18 bits per heavy atom. The van der Waals surface area contributed by atoms with E-state index >= 15 is 0 Å². The molecule has 1 amide bonds. The molecule has 2 heterocycles. The van der Waals surface area contributed by atoms with Crippen molar-refractivity contribution < 1.29 is 4.79 Å². The van der Waals surface area contributed by atoms with E-state index in [1.165, 1.54) is 0 Å². The van der Waals surface area contributed by atoms with Crippen LogP contribution in [0.1, 0.15) is 12.1 Å². The molecule has 86 valence electrons. The van der Waals surface area contributed by atoms with E-state index in [-0.39, 0.29) is 6.04 Å². The van der Waals surface area contributed by atoms with E-state index in [9.17, 15) is 4.79 Å². The normalized spacial score (nSPS) is 27.0. The molecule has 1 aliphatic carbocycles. The molecule has 17 heavy (non-hydrogen) atoms. The lowest BCUT2D eigenvalue weighted by Crippen LogP contribution is -2.35. The van der Waals surface area contributed by atoms with Crippen LogP contribution in [0.2, 0.25) is 0 Å². The third-order valence-electron chi connectivity index (χ3n) is 3.43. The average Bonchev–Trinajstić information content (AvgIpc) is 3.02. The van der Waals surface area contributed by atoms with Gasteiger partial charge in [-0.1, -0.05) is 0 Å². The van der Waals surface area contributed by atoms with E-state index < -0.39 is 11.3 Å². The maximum absolute atomic E-state index is 11.5. The molecule has 0 aromatic carbocycles. The molecule has 5 heteroatoms. The van der Waals surface area contributed by atoms with E-state index in [0.717, 1.165) is 10.8 Å². The number of aromatic nitrogens is 2. The topological polar surface area (TPSA) is 94.9 Å². The molecular weight excluding hydrogens is 216 g/mol. The van der Waals surface area contributed by atoms with Gasteiger partial charge in [-0.05, 0) is 23.9 Å². The molecule has 1 fully saturated rings. The number of pyridine rings is 2. The summed E-state index contributed by atoms with van der Waals surface area (Å²) in [6.45, 7) is 0. The van der Waals surface area contributed by atoms with E-state index in [0.29, 0.717) is 12.1 Å². The van der Waals surface area contributed by atoms with E-state index in [1.54, 1.807) is 18.6 Å². The van der Waals surface area contributed by atoms with Crippen molar-refractivity contribution in [1.29, 1.82) is 0 Å². The van der Waals surface area contributed by atoms with Crippen LogP contribution in [0.15, 0.2) is 30.7 Å². The van der Waals surface area contributed by atoms with Gasteiger partial charge in [0.15, 0.2) is 0 Å². The van der Waals surface area contributed by atoms with Crippen LogP contribution in [0.4, 0.5) is 0 Å². The lowest BCUT2D eigenvalue weighted by atomic mass is 9.98. The van der Waals surface area contributed by atoms with Gasteiger partial charge in [-0.25, -0.2) is 0 Å². The first-order chi connectivity index (χ1) is 8.14. The van der Waals surface area contributed by atoms with Crippen LogP contribution in [0.3, 0.4) is 0 Å². The Kier molecular flexibility index (Phi) is 1.94. The monoisotopic (exact) mass is 228 g/mol. The highest BCUT2D eigenvalue weighted by Gasteiger charge is 2.59. The van der Waals surface area contributed by atoms with E-state index in [1.807, 2.05) is 12.1 Å². The zero-order valence-corrected chi connectivity index (χ0v) is 9.13. The minimum Gasteiger partial charge on any atom is -0.369 e. The fourth-order valence-electron chi connectivity index (χ4n) is 2.22. The first-order valence-electron chi connectivity index (χ1n) is 5.40. The number of carbonyl (C=O) groups excluding carboxylic acids is 1. The summed E-state index contributed by atoms with van der Waals surface area (Å²) < 4.78 is 0. The fraction of sp³-hybridized carbons (Fsp3) is 0.250. The largest absolute Gasteiger partial charge is 0.369 e. The lowest BCUT2D eigenvalue weighted by molar-refractivity contribution is -0.120. The van der Waals surface area contributed by atoms with Crippen molar-refractivity contribution in [1.82, 2.24) is 9.97 Å². The van der Waals surface area contributed by atoms with Gasteiger partial charge in [0.2, 0.25) is 5.91 Å². The Labute approximate surface area is 97.8 Å². The Morgan fingerprint density at radius 3 is 2.82 bits per heavy atom. The van der Waals surface area contributed by atoms with Crippen LogP contribution in [0, 0.1) is 0 Å². The minimum absolute atomic E-state index is 0.216. The highest BCUT2D eigenvalue weighted by molar-refractivity contribution is 5.92. The molecule has 2 unspecified atom stereocenters. The predicted octanol–water partition coefficient (Wildman–Crippen LogP) is 0.0839. The summed E-state index contributed by atoms with van der Waals surface area (Å²) in [5.74, 6) is -0.397. The van der Waals surface area contributed by atoms with Crippen molar-refractivity contribution in [3.05, 3.63) is 36.4 Å². The number of primary amides is 1. The second-order valence-corrected chi connectivity index (χ2v) is 4.44. The van der Waals surface area contributed by atoms with Crippen molar-refractivity contribution in [3.8, 4) is 0 Å². The highest BCUT2D eigenvalue weighted by atomic mass is 16.1. The first kappa shape index (κ1) is 10.2. The van der Waals surface area contributed by atoms with Crippen LogP contribution >= 0.6 is 0 Å². The Bertz CT molecular complexity index is 612. The summed E-state index contributed by atoms with van der Waals surface area (Å²) in [5.41, 5.74) is 11.2. The summed E-state index contributed by atoms with van der Waals surface area (Å²) in [6, 6.07) is 3.53. The smallest absolute Gasteiger partial charge is 0.231 e. The molecule has 2 atom stereocenters. The number of nitrogens with zero attached hydrogens (tertiary/aromatic N) is 2. The summed E-state index contributed by atoms with van der Waals surface area (Å²) in [6.07, 6.45) is 5.71. The highest BCUT2D eigenvalue weighted by Crippen LogP contribution is 2.46. The van der Waals surface area contributed by atoms with Crippen molar-refractivity contribution in [3.63, 3.8) is 0 Å². The third-order valence-corrected chi connectivity index (χ3v) is 3.43. The maximum atomic E-state index is 11.5. The van der Waals surface area contributed by atoms with Gasteiger partial charge in [0.25, 0.3) is 0 Å². The number of amides is 1. The Balaban J connectivity index is 2.16. The number of rotatable bonds is 2. The molecule has 0 bridgehead atoms. The van der Waals surface area contributed by atoms with E-state index in [2.05, 4.69) is 9.97 Å². The van der Waals surface area contributed by atoms with Crippen molar-refractivity contribution in [2.24, 2.45) is 11.5 Å². The molecule has 1 aliphatic rings. The molecule has 3 rings (SSSR count). The number of nitrogens with two attached hydrogens (primary N) is 2.